The molecular weight excluding hydrogens is 354 g/mol. The summed E-state index contributed by atoms with van der Waals surface area (Å²) in [4.78, 5) is 34.2. The summed E-state index contributed by atoms with van der Waals surface area (Å²) in [6.07, 6.45) is -0.655. The summed E-state index contributed by atoms with van der Waals surface area (Å²) in [5, 5.41) is 0.532. The molecule has 0 radical (unpaired) electrons. The normalized spacial score (nSPS) is 12.2. The first-order chi connectivity index (χ1) is 13.3. The van der Waals surface area contributed by atoms with Crippen LogP contribution < -0.4 is 10.3 Å². The summed E-state index contributed by atoms with van der Waals surface area (Å²) < 4.78 is 5.81. The fraction of sp³-hybridized carbons (Fsp3) is 0.318. The molecule has 146 valence electrons. The predicted octanol–water partition coefficient (Wildman–Crippen LogP) is 3.44. The maximum absolute atomic E-state index is 13.0. The van der Waals surface area contributed by atoms with E-state index in [1.807, 2.05) is 51.1 Å². The first-order valence-corrected chi connectivity index (χ1v) is 9.37. The van der Waals surface area contributed by atoms with Gasteiger partial charge >= 0.3 is 0 Å². The number of ether oxygens (including phenoxy) is 1. The molecule has 28 heavy (non-hydrogen) atoms. The van der Waals surface area contributed by atoms with Crippen molar-refractivity contribution >= 4 is 16.8 Å². The molecule has 0 saturated heterocycles. The first kappa shape index (κ1) is 19.6. The minimum Gasteiger partial charge on any atom is -0.481 e. The molecule has 1 amide bonds. The Balaban J connectivity index is 1.80. The lowest BCUT2D eigenvalue weighted by Gasteiger charge is -2.29. The molecular formula is C22H25N3O3. The average molecular weight is 379 g/mol. The number of aryl methyl sites for hydroxylation is 1. The Kier molecular flexibility index (Phi) is 5.78. The molecule has 6 nitrogen and oxygen atoms in total. The standard InChI is InChI=1S/C22H25N3O3/c1-14(2)25(22(27)16(4)28-17-11-9-15(3)10-12-17)13-20-23-19-8-6-5-7-18(19)21(26)24-20/h5-12,14,16H,13H2,1-4H3,(H,23,24,26)/t16-/m0/s1. The van der Waals surface area contributed by atoms with Gasteiger partial charge in [-0.05, 0) is 52.0 Å². The van der Waals surface area contributed by atoms with Crippen LogP contribution in [0.5, 0.6) is 5.75 Å². The van der Waals surface area contributed by atoms with Crippen LogP contribution in [-0.2, 0) is 11.3 Å². The van der Waals surface area contributed by atoms with Gasteiger partial charge in [0.1, 0.15) is 11.6 Å². The molecule has 0 saturated carbocycles. The van der Waals surface area contributed by atoms with Crippen molar-refractivity contribution in [3.63, 3.8) is 0 Å². The predicted molar refractivity (Wildman–Crippen MR) is 109 cm³/mol. The Bertz CT molecular complexity index is 1030. The molecule has 3 rings (SSSR count). The number of nitrogens with zero attached hydrogens (tertiary/aromatic N) is 2. The lowest BCUT2D eigenvalue weighted by molar-refractivity contribution is -0.140. The molecule has 0 aliphatic rings. The third-order valence-corrected chi connectivity index (χ3v) is 4.57. The van der Waals surface area contributed by atoms with E-state index in [4.69, 9.17) is 4.74 Å². The molecule has 0 fully saturated rings. The lowest BCUT2D eigenvalue weighted by Crippen LogP contribution is -2.44. The monoisotopic (exact) mass is 379 g/mol. The van der Waals surface area contributed by atoms with Gasteiger partial charge < -0.3 is 14.6 Å². The number of aromatic nitrogens is 2. The smallest absolute Gasteiger partial charge is 0.263 e. The topological polar surface area (TPSA) is 75.3 Å². The number of rotatable bonds is 6. The fourth-order valence-corrected chi connectivity index (χ4v) is 2.99. The number of amides is 1. The molecule has 0 unspecified atom stereocenters. The van der Waals surface area contributed by atoms with Crippen molar-refractivity contribution in [3.05, 3.63) is 70.3 Å². The van der Waals surface area contributed by atoms with Gasteiger partial charge in [-0.25, -0.2) is 4.98 Å². The summed E-state index contributed by atoms with van der Waals surface area (Å²) in [5.41, 5.74) is 1.53. The number of aromatic amines is 1. The Hall–Kier alpha value is -3.15. The van der Waals surface area contributed by atoms with E-state index in [9.17, 15) is 9.59 Å². The van der Waals surface area contributed by atoms with E-state index < -0.39 is 6.10 Å². The van der Waals surface area contributed by atoms with Crippen molar-refractivity contribution in [1.82, 2.24) is 14.9 Å². The maximum Gasteiger partial charge on any atom is 0.263 e. The van der Waals surface area contributed by atoms with Gasteiger partial charge in [-0.3, -0.25) is 9.59 Å². The Morgan fingerprint density at radius 1 is 1.11 bits per heavy atom. The van der Waals surface area contributed by atoms with Crippen LogP contribution in [0.4, 0.5) is 0 Å². The van der Waals surface area contributed by atoms with Crippen molar-refractivity contribution < 1.29 is 9.53 Å². The van der Waals surface area contributed by atoms with Gasteiger partial charge in [0.15, 0.2) is 6.10 Å². The van der Waals surface area contributed by atoms with Crippen LogP contribution in [0.2, 0.25) is 0 Å². The fourth-order valence-electron chi connectivity index (χ4n) is 2.99. The highest BCUT2D eigenvalue weighted by atomic mass is 16.5. The van der Waals surface area contributed by atoms with E-state index in [1.165, 1.54) is 0 Å². The molecule has 0 bridgehead atoms. The molecule has 1 aromatic heterocycles. The van der Waals surface area contributed by atoms with Gasteiger partial charge in [-0.2, -0.15) is 0 Å². The maximum atomic E-state index is 13.0. The molecule has 1 N–H and O–H groups in total. The number of H-pyrrole nitrogens is 1. The van der Waals surface area contributed by atoms with Gasteiger partial charge in [0.2, 0.25) is 0 Å². The highest BCUT2D eigenvalue weighted by Crippen LogP contribution is 2.16. The van der Waals surface area contributed by atoms with Crippen molar-refractivity contribution in [2.24, 2.45) is 0 Å². The van der Waals surface area contributed by atoms with Crippen LogP contribution in [-0.4, -0.2) is 32.9 Å². The highest BCUT2D eigenvalue weighted by Gasteiger charge is 2.25. The van der Waals surface area contributed by atoms with E-state index >= 15 is 0 Å². The molecule has 1 heterocycles. The van der Waals surface area contributed by atoms with Gasteiger partial charge in [-0.15, -0.1) is 0 Å². The number of carbonyl (C=O) groups is 1. The van der Waals surface area contributed by atoms with Crippen LogP contribution in [0.1, 0.15) is 32.2 Å². The number of carbonyl (C=O) groups excluding carboxylic acids is 1. The zero-order valence-electron chi connectivity index (χ0n) is 16.6. The van der Waals surface area contributed by atoms with Crippen LogP contribution >= 0.6 is 0 Å². The van der Waals surface area contributed by atoms with E-state index in [0.29, 0.717) is 22.5 Å². The second kappa shape index (κ2) is 8.25. The number of fused-ring (bicyclic) bond motifs is 1. The summed E-state index contributed by atoms with van der Waals surface area (Å²) in [5.74, 6) is 0.937. The molecule has 0 spiro atoms. The Morgan fingerprint density at radius 3 is 2.46 bits per heavy atom. The SMILES string of the molecule is Cc1ccc(O[C@@H](C)C(=O)N(Cc2nc3ccccc3c(=O)[nH]2)C(C)C)cc1. The van der Waals surface area contributed by atoms with E-state index in [2.05, 4.69) is 9.97 Å². The number of nitrogens with one attached hydrogen (secondary N) is 1. The summed E-state index contributed by atoms with van der Waals surface area (Å²) in [7, 11) is 0. The lowest BCUT2D eigenvalue weighted by atomic mass is 10.2. The molecule has 0 aliphatic carbocycles. The molecule has 2 aromatic carbocycles. The molecule has 6 heteroatoms. The van der Waals surface area contributed by atoms with Crippen molar-refractivity contribution in [2.45, 2.75) is 46.4 Å². The summed E-state index contributed by atoms with van der Waals surface area (Å²) in [6.45, 7) is 7.79. The van der Waals surface area contributed by atoms with Crippen LogP contribution in [0.25, 0.3) is 10.9 Å². The van der Waals surface area contributed by atoms with E-state index in [1.54, 1.807) is 30.0 Å². The third-order valence-electron chi connectivity index (χ3n) is 4.57. The van der Waals surface area contributed by atoms with Crippen LogP contribution in [0.15, 0.2) is 53.3 Å². The molecule has 3 aromatic rings. The van der Waals surface area contributed by atoms with Crippen molar-refractivity contribution in [1.29, 1.82) is 0 Å². The van der Waals surface area contributed by atoms with Gasteiger partial charge in [0.25, 0.3) is 11.5 Å². The molecule has 1 atom stereocenters. The van der Waals surface area contributed by atoms with Crippen LogP contribution in [0, 0.1) is 6.92 Å². The van der Waals surface area contributed by atoms with Crippen molar-refractivity contribution in [2.75, 3.05) is 0 Å². The second-order valence-corrected chi connectivity index (χ2v) is 7.16. The zero-order chi connectivity index (χ0) is 20.3. The largest absolute Gasteiger partial charge is 0.481 e. The quantitative estimate of drug-likeness (QED) is 0.712. The summed E-state index contributed by atoms with van der Waals surface area (Å²) in [6, 6.07) is 14.7. The average Bonchev–Trinajstić information content (AvgIpc) is 2.67. The number of para-hydroxylation sites is 1. The number of benzene rings is 2. The highest BCUT2D eigenvalue weighted by molar-refractivity contribution is 5.81. The van der Waals surface area contributed by atoms with Gasteiger partial charge in [-0.1, -0.05) is 29.8 Å². The first-order valence-electron chi connectivity index (χ1n) is 9.37. The molecule has 0 aliphatic heterocycles. The van der Waals surface area contributed by atoms with Crippen molar-refractivity contribution in [3.8, 4) is 5.75 Å². The zero-order valence-corrected chi connectivity index (χ0v) is 16.6. The second-order valence-electron chi connectivity index (χ2n) is 7.16. The minimum absolute atomic E-state index is 0.0756. The van der Waals surface area contributed by atoms with Crippen LogP contribution in [0.3, 0.4) is 0 Å². The number of hydrogen-bond donors (Lipinski definition) is 1. The Labute approximate surface area is 164 Å². The van der Waals surface area contributed by atoms with Gasteiger partial charge in [0.05, 0.1) is 17.4 Å². The number of hydrogen-bond acceptors (Lipinski definition) is 4. The third kappa shape index (κ3) is 4.39. The summed E-state index contributed by atoms with van der Waals surface area (Å²) >= 11 is 0. The minimum atomic E-state index is -0.655. The Morgan fingerprint density at radius 2 is 1.79 bits per heavy atom. The van der Waals surface area contributed by atoms with Gasteiger partial charge in [0, 0.05) is 6.04 Å². The van der Waals surface area contributed by atoms with E-state index in [-0.39, 0.29) is 24.1 Å². The van der Waals surface area contributed by atoms with E-state index in [0.717, 1.165) is 5.56 Å².